The van der Waals surface area contributed by atoms with Crippen molar-refractivity contribution in [3.05, 3.63) is 34.3 Å². The van der Waals surface area contributed by atoms with E-state index in [2.05, 4.69) is 45.6 Å². The monoisotopic (exact) mass is 292 g/mol. The van der Waals surface area contributed by atoms with E-state index in [9.17, 15) is 0 Å². The van der Waals surface area contributed by atoms with Crippen molar-refractivity contribution in [2.45, 2.75) is 44.9 Å². The molecule has 0 aromatic carbocycles. The van der Waals surface area contributed by atoms with Crippen LogP contribution >= 0.6 is 15.9 Å². The lowest BCUT2D eigenvalue weighted by Crippen LogP contribution is -2.08. The first kappa shape index (κ1) is 11.3. The molecule has 2 nitrogen and oxygen atoms in total. The van der Waals surface area contributed by atoms with Gasteiger partial charge in [-0.1, -0.05) is 25.3 Å². The third kappa shape index (κ3) is 2.01. The number of pyridine rings is 1. The highest BCUT2D eigenvalue weighted by molar-refractivity contribution is 9.10. The third-order valence-electron chi connectivity index (χ3n) is 3.74. The van der Waals surface area contributed by atoms with Gasteiger partial charge in [-0.25, -0.2) is 4.98 Å². The number of aromatic nitrogens is 2. The molecule has 2 aromatic heterocycles. The molecule has 0 N–H and O–H groups in total. The number of aryl methyl sites for hydroxylation is 1. The molecule has 1 aliphatic carbocycles. The van der Waals surface area contributed by atoms with Gasteiger partial charge >= 0.3 is 0 Å². The minimum atomic E-state index is 0.643. The summed E-state index contributed by atoms with van der Waals surface area (Å²) in [6, 6.07) is 4.30. The Kier molecular flexibility index (Phi) is 2.95. The fourth-order valence-corrected chi connectivity index (χ4v) is 3.33. The molecule has 0 unspecified atom stereocenters. The highest BCUT2D eigenvalue weighted by atomic mass is 79.9. The minimum Gasteiger partial charge on any atom is -0.302 e. The molecule has 0 atom stereocenters. The molecule has 0 radical (unpaired) electrons. The van der Waals surface area contributed by atoms with Gasteiger partial charge in [-0.3, -0.25) is 0 Å². The summed E-state index contributed by atoms with van der Waals surface area (Å²) in [5.74, 6) is 1.89. The van der Waals surface area contributed by atoms with Crippen molar-refractivity contribution in [3.63, 3.8) is 0 Å². The maximum atomic E-state index is 4.73. The second-order valence-electron chi connectivity index (χ2n) is 5.06. The summed E-state index contributed by atoms with van der Waals surface area (Å²) in [5, 5.41) is 0. The van der Waals surface area contributed by atoms with Gasteiger partial charge < -0.3 is 4.40 Å². The SMILES string of the molecule is Cc1ccc2c(Br)nc(C3CCCCC3)n2c1. The molecule has 90 valence electrons. The Labute approximate surface area is 110 Å². The Balaban J connectivity index is 2.11. The average molecular weight is 293 g/mol. The summed E-state index contributed by atoms with van der Waals surface area (Å²) in [6.45, 7) is 2.14. The predicted octanol–water partition coefficient (Wildman–Crippen LogP) is 4.45. The van der Waals surface area contributed by atoms with Gasteiger partial charge in [0.2, 0.25) is 0 Å². The minimum absolute atomic E-state index is 0.643. The zero-order chi connectivity index (χ0) is 11.8. The smallest absolute Gasteiger partial charge is 0.132 e. The van der Waals surface area contributed by atoms with Crippen LogP contribution in [0.2, 0.25) is 0 Å². The Hall–Kier alpha value is -0.830. The highest BCUT2D eigenvalue weighted by Crippen LogP contribution is 2.34. The van der Waals surface area contributed by atoms with Gasteiger partial charge in [0.05, 0.1) is 5.52 Å². The molecule has 2 heterocycles. The van der Waals surface area contributed by atoms with Crippen LogP contribution in [-0.2, 0) is 0 Å². The molecule has 1 aliphatic rings. The van der Waals surface area contributed by atoms with Gasteiger partial charge in [0, 0.05) is 12.1 Å². The standard InChI is InChI=1S/C14H17BrN2/c1-10-7-8-12-13(15)16-14(17(12)9-10)11-5-3-2-4-6-11/h7-9,11H,2-6H2,1H3. The van der Waals surface area contributed by atoms with E-state index in [-0.39, 0.29) is 0 Å². The highest BCUT2D eigenvalue weighted by Gasteiger charge is 2.21. The summed E-state index contributed by atoms with van der Waals surface area (Å²) in [7, 11) is 0. The third-order valence-corrected chi connectivity index (χ3v) is 4.32. The van der Waals surface area contributed by atoms with Crippen molar-refractivity contribution < 1.29 is 0 Å². The van der Waals surface area contributed by atoms with Crippen LogP contribution < -0.4 is 0 Å². The largest absolute Gasteiger partial charge is 0.302 e. The van der Waals surface area contributed by atoms with E-state index in [4.69, 9.17) is 4.98 Å². The Morgan fingerprint density at radius 2 is 2.00 bits per heavy atom. The van der Waals surface area contributed by atoms with Crippen molar-refractivity contribution in [3.8, 4) is 0 Å². The second kappa shape index (κ2) is 4.45. The van der Waals surface area contributed by atoms with Crippen LogP contribution in [-0.4, -0.2) is 9.38 Å². The molecular formula is C14H17BrN2. The molecule has 2 aromatic rings. The molecule has 0 bridgehead atoms. The Bertz CT molecular complexity index is 538. The van der Waals surface area contributed by atoms with Gasteiger partial charge in [-0.05, 0) is 47.3 Å². The maximum absolute atomic E-state index is 4.73. The van der Waals surface area contributed by atoms with Crippen LogP contribution in [0, 0.1) is 6.92 Å². The maximum Gasteiger partial charge on any atom is 0.132 e. The number of halogens is 1. The number of rotatable bonds is 1. The van der Waals surface area contributed by atoms with Gasteiger partial charge in [-0.2, -0.15) is 0 Å². The molecule has 3 heteroatoms. The molecule has 1 fully saturated rings. The predicted molar refractivity (Wildman–Crippen MR) is 73.5 cm³/mol. The number of hydrogen-bond donors (Lipinski definition) is 0. The molecule has 1 saturated carbocycles. The Morgan fingerprint density at radius 3 is 2.76 bits per heavy atom. The summed E-state index contributed by atoms with van der Waals surface area (Å²) < 4.78 is 3.26. The molecule has 0 saturated heterocycles. The number of fused-ring (bicyclic) bond motifs is 1. The summed E-state index contributed by atoms with van der Waals surface area (Å²) in [6.07, 6.45) is 8.88. The summed E-state index contributed by atoms with van der Waals surface area (Å²) in [4.78, 5) is 4.73. The summed E-state index contributed by atoms with van der Waals surface area (Å²) >= 11 is 3.58. The quantitative estimate of drug-likeness (QED) is 0.759. The lowest BCUT2D eigenvalue weighted by Gasteiger charge is -2.20. The van der Waals surface area contributed by atoms with Crippen molar-refractivity contribution in [1.82, 2.24) is 9.38 Å². The van der Waals surface area contributed by atoms with E-state index < -0.39 is 0 Å². The topological polar surface area (TPSA) is 17.3 Å². The fourth-order valence-electron chi connectivity index (χ4n) is 2.83. The molecule has 0 amide bonds. The first-order valence-electron chi connectivity index (χ1n) is 6.40. The van der Waals surface area contributed by atoms with E-state index in [0.29, 0.717) is 5.92 Å². The normalized spacial score (nSPS) is 17.8. The van der Waals surface area contributed by atoms with E-state index >= 15 is 0 Å². The van der Waals surface area contributed by atoms with Gasteiger partial charge in [-0.15, -0.1) is 0 Å². The summed E-state index contributed by atoms with van der Waals surface area (Å²) in [5.41, 5.74) is 2.48. The van der Waals surface area contributed by atoms with Crippen LogP contribution in [0.1, 0.15) is 49.4 Å². The molecule has 0 spiro atoms. The van der Waals surface area contributed by atoms with Crippen LogP contribution in [0.15, 0.2) is 22.9 Å². The molecule has 17 heavy (non-hydrogen) atoms. The van der Waals surface area contributed by atoms with Crippen LogP contribution in [0.25, 0.3) is 5.52 Å². The van der Waals surface area contributed by atoms with Crippen molar-refractivity contribution in [2.75, 3.05) is 0 Å². The van der Waals surface area contributed by atoms with Crippen LogP contribution in [0.5, 0.6) is 0 Å². The van der Waals surface area contributed by atoms with E-state index in [0.717, 1.165) is 4.60 Å². The number of imidazole rings is 1. The fraction of sp³-hybridized carbons (Fsp3) is 0.500. The second-order valence-corrected chi connectivity index (χ2v) is 5.81. The van der Waals surface area contributed by atoms with Crippen LogP contribution in [0.3, 0.4) is 0 Å². The number of nitrogens with zero attached hydrogens (tertiary/aromatic N) is 2. The molecule has 3 rings (SSSR count). The number of hydrogen-bond acceptors (Lipinski definition) is 1. The van der Waals surface area contributed by atoms with Crippen molar-refractivity contribution in [1.29, 1.82) is 0 Å². The van der Waals surface area contributed by atoms with E-state index in [1.165, 1.54) is 49.0 Å². The zero-order valence-electron chi connectivity index (χ0n) is 10.1. The average Bonchev–Trinajstić information content (AvgIpc) is 2.67. The van der Waals surface area contributed by atoms with Crippen molar-refractivity contribution in [2.24, 2.45) is 0 Å². The Morgan fingerprint density at radius 1 is 1.24 bits per heavy atom. The molecule has 0 aliphatic heterocycles. The van der Waals surface area contributed by atoms with Gasteiger partial charge in [0.15, 0.2) is 0 Å². The van der Waals surface area contributed by atoms with Gasteiger partial charge in [0.1, 0.15) is 10.4 Å². The first-order valence-corrected chi connectivity index (χ1v) is 7.19. The lowest BCUT2D eigenvalue weighted by molar-refractivity contribution is 0.427. The van der Waals surface area contributed by atoms with Crippen LogP contribution in [0.4, 0.5) is 0 Å². The van der Waals surface area contributed by atoms with E-state index in [1.54, 1.807) is 0 Å². The lowest BCUT2D eigenvalue weighted by atomic mass is 9.89. The van der Waals surface area contributed by atoms with E-state index in [1.807, 2.05) is 0 Å². The first-order chi connectivity index (χ1) is 8.25. The van der Waals surface area contributed by atoms with Crippen molar-refractivity contribution >= 4 is 21.4 Å². The zero-order valence-corrected chi connectivity index (χ0v) is 11.7. The molecular weight excluding hydrogens is 276 g/mol. The van der Waals surface area contributed by atoms with Gasteiger partial charge in [0.25, 0.3) is 0 Å².